The molecule has 134 valence electrons. The van der Waals surface area contributed by atoms with E-state index in [-0.39, 0.29) is 11.7 Å². The summed E-state index contributed by atoms with van der Waals surface area (Å²) in [5.74, 6) is -0.434. The SMILES string of the molecule is O=C(Nc1nc(-c2cccc(F)c2)cs1)C1(n2cccn2)CCNCC1. The van der Waals surface area contributed by atoms with Gasteiger partial charge in [-0.1, -0.05) is 12.1 Å². The molecule has 1 aliphatic rings. The number of rotatable bonds is 4. The molecule has 1 amide bonds. The predicted molar refractivity (Wildman–Crippen MR) is 98.4 cm³/mol. The van der Waals surface area contributed by atoms with E-state index in [0.717, 1.165) is 13.1 Å². The first kappa shape index (κ1) is 16.9. The molecule has 0 radical (unpaired) electrons. The van der Waals surface area contributed by atoms with Crippen LogP contribution in [0.3, 0.4) is 0 Å². The third kappa shape index (κ3) is 3.13. The van der Waals surface area contributed by atoms with Crippen molar-refractivity contribution in [2.45, 2.75) is 18.4 Å². The number of hydrogen-bond donors (Lipinski definition) is 2. The van der Waals surface area contributed by atoms with Gasteiger partial charge in [-0.25, -0.2) is 9.37 Å². The number of anilines is 1. The van der Waals surface area contributed by atoms with Gasteiger partial charge in [0.05, 0.1) is 5.69 Å². The number of nitrogens with one attached hydrogen (secondary N) is 2. The van der Waals surface area contributed by atoms with Crippen LogP contribution in [0.5, 0.6) is 0 Å². The summed E-state index contributed by atoms with van der Waals surface area (Å²) in [6.45, 7) is 1.50. The Morgan fingerprint density at radius 2 is 2.15 bits per heavy atom. The summed E-state index contributed by atoms with van der Waals surface area (Å²) in [6, 6.07) is 8.08. The summed E-state index contributed by atoms with van der Waals surface area (Å²) in [4.78, 5) is 17.5. The van der Waals surface area contributed by atoms with Gasteiger partial charge >= 0.3 is 0 Å². The summed E-state index contributed by atoms with van der Waals surface area (Å²) >= 11 is 1.33. The maximum atomic E-state index is 13.4. The summed E-state index contributed by atoms with van der Waals surface area (Å²) < 4.78 is 15.2. The van der Waals surface area contributed by atoms with Crippen molar-refractivity contribution in [2.24, 2.45) is 0 Å². The van der Waals surface area contributed by atoms with E-state index in [2.05, 4.69) is 20.7 Å². The van der Waals surface area contributed by atoms with Crippen LogP contribution in [0.4, 0.5) is 9.52 Å². The van der Waals surface area contributed by atoms with Gasteiger partial charge < -0.3 is 5.32 Å². The Morgan fingerprint density at radius 1 is 1.31 bits per heavy atom. The molecular weight excluding hydrogens is 353 g/mol. The van der Waals surface area contributed by atoms with Crippen molar-refractivity contribution in [3.05, 3.63) is 53.9 Å². The topological polar surface area (TPSA) is 71.8 Å². The van der Waals surface area contributed by atoms with Gasteiger partial charge in [-0.05, 0) is 44.1 Å². The van der Waals surface area contributed by atoms with Crippen molar-refractivity contribution in [2.75, 3.05) is 18.4 Å². The highest BCUT2D eigenvalue weighted by Crippen LogP contribution is 2.31. The molecule has 0 spiro atoms. The number of thiazole rings is 1. The molecule has 8 heteroatoms. The molecule has 3 heterocycles. The van der Waals surface area contributed by atoms with Crippen molar-refractivity contribution in [3.8, 4) is 11.3 Å². The summed E-state index contributed by atoms with van der Waals surface area (Å²) in [5.41, 5.74) is 0.605. The van der Waals surface area contributed by atoms with E-state index in [9.17, 15) is 9.18 Å². The van der Waals surface area contributed by atoms with Gasteiger partial charge in [0.1, 0.15) is 11.4 Å². The monoisotopic (exact) mass is 371 g/mol. The maximum absolute atomic E-state index is 13.4. The number of carbonyl (C=O) groups excluding carboxylic acids is 1. The second-order valence-corrected chi connectivity index (χ2v) is 7.09. The molecule has 0 saturated carbocycles. The number of nitrogens with zero attached hydrogens (tertiary/aromatic N) is 3. The minimum atomic E-state index is -0.723. The Labute approximate surface area is 154 Å². The lowest BCUT2D eigenvalue weighted by Crippen LogP contribution is -2.52. The van der Waals surface area contributed by atoms with Crippen LogP contribution in [-0.2, 0) is 10.3 Å². The molecule has 2 N–H and O–H groups in total. The summed E-state index contributed by atoms with van der Waals surface area (Å²) in [6.07, 6.45) is 4.82. The van der Waals surface area contributed by atoms with Gasteiger partial charge in [0.2, 0.25) is 0 Å². The first-order chi connectivity index (χ1) is 12.7. The molecule has 3 aromatic rings. The molecule has 2 aromatic heterocycles. The number of halogens is 1. The fourth-order valence-corrected chi connectivity index (χ4v) is 3.96. The standard InChI is InChI=1S/C18H18FN5OS/c19-14-4-1-3-13(11-14)15-12-26-17(22-15)23-16(25)18(5-8-20-9-6-18)24-10-2-7-21-24/h1-4,7,10-12,20H,5-6,8-9H2,(H,22,23,25). The first-order valence-electron chi connectivity index (χ1n) is 8.41. The highest BCUT2D eigenvalue weighted by molar-refractivity contribution is 7.14. The zero-order valence-electron chi connectivity index (χ0n) is 14.0. The van der Waals surface area contributed by atoms with Crippen LogP contribution >= 0.6 is 11.3 Å². The normalized spacial score (nSPS) is 16.3. The van der Waals surface area contributed by atoms with E-state index >= 15 is 0 Å². The van der Waals surface area contributed by atoms with Crippen LogP contribution in [-0.4, -0.2) is 33.8 Å². The van der Waals surface area contributed by atoms with E-state index in [0.29, 0.717) is 29.2 Å². The molecule has 6 nitrogen and oxygen atoms in total. The predicted octanol–water partition coefficient (Wildman–Crippen LogP) is 2.86. The van der Waals surface area contributed by atoms with Crippen LogP contribution in [0.25, 0.3) is 11.3 Å². The number of aromatic nitrogens is 3. The Kier molecular flexibility index (Phi) is 4.52. The molecule has 1 aromatic carbocycles. The molecule has 0 atom stereocenters. The zero-order valence-corrected chi connectivity index (χ0v) is 14.8. The lowest BCUT2D eigenvalue weighted by molar-refractivity contribution is -0.126. The Hall–Kier alpha value is -2.58. The van der Waals surface area contributed by atoms with Crippen molar-refractivity contribution in [1.29, 1.82) is 0 Å². The van der Waals surface area contributed by atoms with E-state index in [1.807, 2.05) is 17.6 Å². The molecule has 4 rings (SSSR count). The molecule has 1 saturated heterocycles. The lowest BCUT2D eigenvalue weighted by atomic mass is 9.87. The number of carbonyl (C=O) groups is 1. The number of hydrogen-bond acceptors (Lipinski definition) is 5. The minimum absolute atomic E-state index is 0.122. The third-order valence-electron chi connectivity index (χ3n) is 4.64. The van der Waals surface area contributed by atoms with E-state index < -0.39 is 5.54 Å². The average Bonchev–Trinajstić information content (AvgIpc) is 3.34. The van der Waals surface area contributed by atoms with Crippen LogP contribution in [0.15, 0.2) is 48.1 Å². The number of amides is 1. The number of benzene rings is 1. The average molecular weight is 371 g/mol. The highest BCUT2D eigenvalue weighted by atomic mass is 32.1. The Morgan fingerprint density at radius 3 is 2.88 bits per heavy atom. The molecular formula is C18H18FN5OS. The van der Waals surface area contributed by atoms with E-state index in [4.69, 9.17) is 0 Å². The van der Waals surface area contributed by atoms with Gasteiger partial charge in [0.25, 0.3) is 5.91 Å². The second-order valence-electron chi connectivity index (χ2n) is 6.23. The van der Waals surface area contributed by atoms with Crippen LogP contribution in [0.2, 0.25) is 0 Å². The van der Waals surface area contributed by atoms with Crippen molar-refractivity contribution in [1.82, 2.24) is 20.1 Å². The molecule has 1 fully saturated rings. The van der Waals surface area contributed by atoms with Gasteiger partial charge in [0, 0.05) is 23.3 Å². The summed E-state index contributed by atoms with van der Waals surface area (Å²) in [7, 11) is 0. The Balaban J connectivity index is 1.57. The number of piperidine rings is 1. The van der Waals surface area contributed by atoms with Crippen LogP contribution in [0, 0.1) is 5.82 Å². The fraction of sp³-hybridized carbons (Fsp3) is 0.278. The quantitative estimate of drug-likeness (QED) is 0.740. The molecule has 0 unspecified atom stereocenters. The van der Waals surface area contributed by atoms with Gasteiger partial charge in [-0.3, -0.25) is 14.8 Å². The third-order valence-corrected chi connectivity index (χ3v) is 5.40. The second kappa shape index (κ2) is 6.97. The fourth-order valence-electron chi connectivity index (χ4n) is 3.25. The van der Waals surface area contributed by atoms with Crippen LogP contribution < -0.4 is 10.6 Å². The molecule has 26 heavy (non-hydrogen) atoms. The Bertz CT molecular complexity index is 902. The largest absolute Gasteiger partial charge is 0.317 e. The van der Waals surface area contributed by atoms with Gasteiger partial charge in [0.15, 0.2) is 5.13 Å². The van der Waals surface area contributed by atoms with Crippen LogP contribution in [0.1, 0.15) is 12.8 Å². The van der Waals surface area contributed by atoms with E-state index in [1.54, 1.807) is 23.0 Å². The van der Waals surface area contributed by atoms with Gasteiger partial charge in [-0.15, -0.1) is 11.3 Å². The summed E-state index contributed by atoms with van der Waals surface area (Å²) in [5, 5.41) is 12.8. The molecule has 0 aliphatic carbocycles. The molecule has 0 bridgehead atoms. The minimum Gasteiger partial charge on any atom is -0.317 e. The molecule has 1 aliphatic heterocycles. The first-order valence-corrected chi connectivity index (χ1v) is 9.29. The zero-order chi connectivity index (χ0) is 18.0. The van der Waals surface area contributed by atoms with Gasteiger partial charge in [-0.2, -0.15) is 5.10 Å². The van der Waals surface area contributed by atoms with Crippen molar-refractivity contribution >= 4 is 22.4 Å². The lowest BCUT2D eigenvalue weighted by Gasteiger charge is -2.36. The van der Waals surface area contributed by atoms with Crippen molar-refractivity contribution < 1.29 is 9.18 Å². The maximum Gasteiger partial charge on any atom is 0.254 e. The van der Waals surface area contributed by atoms with E-state index in [1.165, 1.54) is 23.5 Å². The highest BCUT2D eigenvalue weighted by Gasteiger charge is 2.42. The smallest absolute Gasteiger partial charge is 0.254 e. The van der Waals surface area contributed by atoms with Crippen molar-refractivity contribution in [3.63, 3.8) is 0 Å².